The summed E-state index contributed by atoms with van der Waals surface area (Å²) in [5.41, 5.74) is 0. The van der Waals surface area contributed by atoms with Crippen LogP contribution < -0.4 is 10.6 Å². The summed E-state index contributed by atoms with van der Waals surface area (Å²) in [5, 5.41) is 6.21. The summed E-state index contributed by atoms with van der Waals surface area (Å²) in [6.07, 6.45) is 1.20. The molecule has 1 amide bonds. The number of piperidine rings is 1. The van der Waals surface area contributed by atoms with Crippen molar-refractivity contribution in [2.45, 2.75) is 26.3 Å². The van der Waals surface area contributed by atoms with E-state index in [2.05, 4.69) is 22.5 Å². The second-order valence-electron chi connectivity index (χ2n) is 4.41. The van der Waals surface area contributed by atoms with Gasteiger partial charge in [0.2, 0.25) is 5.91 Å². The Morgan fingerprint density at radius 2 is 2.33 bits per heavy atom. The van der Waals surface area contributed by atoms with Crippen molar-refractivity contribution in [3.63, 3.8) is 0 Å². The number of hydrogen-bond donors (Lipinski definition) is 2. The summed E-state index contributed by atoms with van der Waals surface area (Å²) in [6.45, 7) is 7.53. The van der Waals surface area contributed by atoms with E-state index in [4.69, 9.17) is 0 Å². The van der Waals surface area contributed by atoms with Crippen LogP contribution in [0.25, 0.3) is 0 Å². The molecule has 88 valence electrons. The predicted molar refractivity (Wildman–Crippen MR) is 61.8 cm³/mol. The van der Waals surface area contributed by atoms with Gasteiger partial charge in [-0.2, -0.15) is 0 Å². The molecule has 4 heteroatoms. The van der Waals surface area contributed by atoms with Gasteiger partial charge in [0, 0.05) is 19.1 Å². The molecule has 1 aliphatic heterocycles. The first-order valence-corrected chi connectivity index (χ1v) is 5.82. The van der Waals surface area contributed by atoms with Crippen molar-refractivity contribution in [3.8, 4) is 0 Å². The van der Waals surface area contributed by atoms with Crippen LogP contribution in [0.2, 0.25) is 0 Å². The number of likely N-dealkylation sites (N-methyl/N-ethyl adjacent to an activating group) is 2. The second kappa shape index (κ2) is 6.08. The van der Waals surface area contributed by atoms with Crippen molar-refractivity contribution in [1.82, 2.24) is 15.5 Å². The number of carbonyl (C=O) groups is 1. The van der Waals surface area contributed by atoms with E-state index in [-0.39, 0.29) is 5.91 Å². The maximum Gasteiger partial charge on any atom is 0.234 e. The molecule has 1 saturated heterocycles. The molecule has 0 spiro atoms. The maximum absolute atomic E-state index is 11.4. The molecule has 1 rings (SSSR count). The topological polar surface area (TPSA) is 44.4 Å². The number of carbonyl (C=O) groups excluding carboxylic acids is 1. The first-order chi connectivity index (χ1) is 7.15. The lowest BCUT2D eigenvalue weighted by Crippen LogP contribution is -2.51. The molecule has 0 aliphatic carbocycles. The van der Waals surface area contributed by atoms with Crippen LogP contribution in [0.4, 0.5) is 0 Å². The molecule has 0 radical (unpaired) electrons. The summed E-state index contributed by atoms with van der Waals surface area (Å²) >= 11 is 0. The lowest BCUT2D eigenvalue weighted by atomic mass is 9.94. The lowest BCUT2D eigenvalue weighted by molar-refractivity contribution is -0.122. The van der Waals surface area contributed by atoms with Gasteiger partial charge in [0.05, 0.1) is 6.54 Å². The fraction of sp³-hybridized carbons (Fsp3) is 0.909. The Labute approximate surface area is 92.4 Å². The minimum Gasteiger partial charge on any atom is -0.355 e. The number of amides is 1. The predicted octanol–water partition coefficient (Wildman–Crippen LogP) is 0.0523. The Balaban J connectivity index is 2.37. The van der Waals surface area contributed by atoms with Crippen molar-refractivity contribution in [1.29, 1.82) is 0 Å². The van der Waals surface area contributed by atoms with Crippen LogP contribution in [0.15, 0.2) is 0 Å². The van der Waals surface area contributed by atoms with Gasteiger partial charge < -0.3 is 10.6 Å². The number of nitrogens with zero attached hydrogens (tertiary/aromatic N) is 1. The third-order valence-electron chi connectivity index (χ3n) is 3.12. The normalized spacial score (nSPS) is 26.7. The van der Waals surface area contributed by atoms with Crippen molar-refractivity contribution in [3.05, 3.63) is 0 Å². The number of nitrogens with one attached hydrogen (secondary N) is 2. The van der Waals surface area contributed by atoms with E-state index in [9.17, 15) is 4.79 Å². The van der Waals surface area contributed by atoms with E-state index >= 15 is 0 Å². The van der Waals surface area contributed by atoms with Crippen LogP contribution in [-0.2, 0) is 4.79 Å². The van der Waals surface area contributed by atoms with Gasteiger partial charge in [-0.3, -0.25) is 9.69 Å². The molecule has 4 nitrogen and oxygen atoms in total. The molecule has 0 aromatic rings. The molecular formula is C11H23N3O. The SMILES string of the molecule is CCNC(=O)CN(C)C1CNCCC1C. The van der Waals surface area contributed by atoms with E-state index in [0.717, 1.165) is 13.1 Å². The van der Waals surface area contributed by atoms with E-state index in [1.54, 1.807) is 0 Å². The van der Waals surface area contributed by atoms with Crippen LogP contribution in [0.5, 0.6) is 0 Å². The van der Waals surface area contributed by atoms with Crippen LogP contribution in [0, 0.1) is 5.92 Å². The largest absolute Gasteiger partial charge is 0.355 e. The van der Waals surface area contributed by atoms with Crippen molar-refractivity contribution < 1.29 is 4.79 Å². The molecule has 2 unspecified atom stereocenters. The molecule has 0 bridgehead atoms. The zero-order valence-electron chi connectivity index (χ0n) is 10.0. The van der Waals surface area contributed by atoms with Gasteiger partial charge in [0.1, 0.15) is 0 Å². The molecule has 2 atom stereocenters. The third kappa shape index (κ3) is 3.80. The Bertz CT molecular complexity index is 208. The van der Waals surface area contributed by atoms with Crippen molar-refractivity contribution in [2.75, 3.05) is 33.2 Å². The van der Waals surface area contributed by atoms with Gasteiger partial charge in [-0.15, -0.1) is 0 Å². The monoisotopic (exact) mass is 213 g/mol. The van der Waals surface area contributed by atoms with E-state index in [1.807, 2.05) is 14.0 Å². The molecule has 0 aromatic carbocycles. The third-order valence-corrected chi connectivity index (χ3v) is 3.12. The summed E-state index contributed by atoms with van der Waals surface area (Å²) < 4.78 is 0. The molecule has 15 heavy (non-hydrogen) atoms. The highest BCUT2D eigenvalue weighted by Crippen LogP contribution is 2.15. The van der Waals surface area contributed by atoms with Crippen molar-refractivity contribution >= 4 is 5.91 Å². The fourth-order valence-electron chi connectivity index (χ4n) is 2.16. The van der Waals surface area contributed by atoms with Gasteiger partial charge in [0.15, 0.2) is 0 Å². The maximum atomic E-state index is 11.4. The minimum absolute atomic E-state index is 0.123. The standard InChI is InChI=1S/C11H23N3O/c1-4-13-11(15)8-14(3)10-7-12-6-5-9(10)2/h9-10,12H,4-8H2,1-3H3,(H,13,15). The average Bonchev–Trinajstić information content (AvgIpc) is 2.18. The highest BCUT2D eigenvalue weighted by Gasteiger charge is 2.25. The zero-order valence-corrected chi connectivity index (χ0v) is 10.0. The Morgan fingerprint density at radius 1 is 1.60 bits per heavy atom. The lowest BCUT2D eigenvalue weighted by Gasteiger charge is -2.36. The minimum atomic E-state index is 0.123. The van der Waals surface area contributed by atoms with E-state index < -0.39 is 0 Å². The molecule has 2 N–H and O–H groups in total. The highest BCUT2D eigenvalue weighted by molar-refractivity contribution is 5.77. The number of hydrogen-bond acceptors (Lipinski definition) is 3. The first kappa shape index (κ1) is 12.5. The molecule has 1 heterocycles. The van der Waals surface area contributed by atoms with Crippen LogP contribution >= 0.6 is 0 Å². The molecule has 0 aromatic heterocycles. The quantitative estimate of drug-likeness (QED) is 0.694. The van der Waals surface area contributed by atoms with Gasteiger partial charge in [-0.25, -0.2) is 0 Å². The van der Waals surface area contributed by atoms with Gasteiger partial charge in [-0.05, 0) is 32.9 Å². The van der Waals surface area contributed by atoms with Crippen LogP contribution in [-0.4, -0.2) is 50.1 Å². The number of rotatable bonds is 4. The Kier molecular flexibility index (Phi) is 5.05. The fourth-order valence-corrected chi connectivity index (χ4v) is 2.16. The molecule has 0 saturated carbocycles. The Hall–Kier alpha value is -0.610. The van der Waals surface area contributed by atoms with Crippen LogP contribution in [0.1, 0.15) is 20.3 Å². The van der Waals surface area contributed by atoms with E-state index in [1.165, 1.54) is 6.42 Å². The average molecular weight is 213 g/mol. The summed E-state index contributed by atoms with van der Waals surface area (Å²) in [5.74, 6) is 0.795. The highest BCUT2D eigenvalue weighted by atomic mass is 16.2. The van der Waals surface area contributed by atoms with E-state index in [0.29, 0.717) is 25.0 Å². The second-order valence-corrected chi connectivity index (χ2v) is 4.41. The van der Waals surface area contributed by atoms with Gasteiger partial charge >= 0.3 is 0 Å². The smallest absolute Gasteiger partial charge is 0.234 e. The summed E-state index contributed by atoms with van der Waals surface area (Å²) in [4.78, 5) is 13.6. The summed E-state index contributed by atoms with van der Waals surface area (Å²) in [6, 6.07) is 0.487. The summed E-state index contributed by atoms with van der Waals surface area (Å²) in [7, 11) is 2.03. The van der Waals surface area contributed by atoms with Gasteiger partial charge in [0.25, 0.3) is 0 Å². The molecule has 1 fully saturated rings. The van der Waals surface area contributed by atoms with Crippen molar-refractivity contribution in [2.24, 2.45) is 5.92 Å². The van der Waals surface area contributed by atoms with Crippen LogP contribution in [0.3, 0.4) is 0 Å². The zero-order chi connectivity index (χ0) is 11.3. The first-order valence-electron chi connectivity index (χ1n) is 5.82. The Morgan fingerprint density at radius 3 is 2.93 bits per heavy atom. The van der Waals surface area contributed by atoms with Gasteiger partial charge in [-0.1, -0.05) is 6.92 Å². The molecular weight excluding hydrogens is 190 g/mol. The molecule has 1 aliphatic rings.